The van der Waals surface area contributed by atoms with Gasteiger partial charge < -0.3 is 23.4 Å². The summed E-state index contributed by atoms with van der Waals surface area (Å²) < 4.78 is 61.3. The Labute approximate surface area is 525 Å². The van der Waals surface area contributed by atoms with Crippen LogP contribution in [0.15, 0.2) is 113 Å². The van der Waals surface area contributed by atoms with Crippen molar-refractivity contribution in [1.29, 1.82) is 5.26 Å². The number of nitriles is 1. The zero-order chi connectivity index (χ0) is 65.3. The van der Waals surface area contributed by atoms with E-state index >= 15 is 4.57 Å². The number of anilines is 2. The molecule has 2 saturated heterocycles. The van der Waals surface area contributed by atoms with Crippen LogP contribution in [0.25, 0.3) is 22.3 Å². The van der Waals surface area contributed by atoms with Crippen molar-refractivity contribution < 1.29 is 46.6 Å². The molecule has 2 aliphatic rings. The average molecular weight is 1290 g/mol. The zero-order valence-electron chi connectivity index (χ0n) is 53.4. The first-order chi connectivity index (χ1) is 42.4. The fourth-order valence-electron chi connectivity index (χ4n) is 10.4. The van der Waals surface area contributed by atoms with Crippen molar-refractivity contribution in [3.8, 4) is 6.07 Å². The van der Waals surface area contributed by atoms with Gasteiger partial charge in [-0.05, 0) is 53.0 Å². The fourth-order valence-corrected chi connectivity index (χ4v) is 14.6. The van der Waals surface area contributed by atoms with Gasteiger partial charge >= 0.3 is 7.75 Å². The van der Waals surface area contributed by atoms with Gasteiger partial charge in [0.15, 0.2) is 51.4 Å². The van der Waals surface area contributed by atoms with E-state index in [4.69, 9.17) is 32.4 Å². The Morgan fingerprint density at radius 3 is 1.48 bits per heavy atom. The lowest BCUT2D eigenvalue weighted by molar-refractivity contribution is -0.119. The molecular formula is C62H84N13O12PSi2. The number of aliphatic hydroxyl groups excluding tert-OH is 1. The maximum absolute atomic E-state index is 16.3. The van der Waals surface area contributed by atoms with Gasteiger partial charge in [0.25, 0.3) is 11.1 Å². The van der Waals surface area contributed by atoms with Gasteiger partial charge in [0.2, 0.25) is 23.7 Å². The molecule has 2 amide bonds. The van der Waals surface area contributed by atoms with Crippen molar-refractivity contribution in [2.24, 2.45) is 11.8 Å². The summed E-state index contributed by atoms with van der Waals surface area (Å²) >= 11 is 0. The highest BCUT2D eigenvalue weighted by Crippen LogP contribution is 2.52. The molecule has 9 rings (SSSR count). The van der Waals surface area contributed by atoms with E-state index in [1.54, 1.807) is 32.3 Å². The second kappa shape index (κ2) is 26.7. The van der Waals surface area contributed by atoms with E-state index in [-0.39, 0.29) is 53.2 Å². The minimum absolute atomic E-state index is 0.0224. The van der Waals surface area contributed by atoms with Gasteiger partial charge in [-0.3, -0.25) is 63.3 Å². The first kappa shape index (κ1) is 67.5. The molecule has 0 aliphatic carbocycles. The molecule has 7 aromatic rings. The number of aromatic nitrogens is 8. The van der Waals surface area contributed by atoms with Crippen molar-refractivity contribution in [1.82, 2.24) is 49.4 Å². The van der Waals surface area contributed by atoms with Crippen LogP contribution in [-0.2, 0) is 47.1 Å². The van der Waals surface area contributed by atoms with Crippen molar-refractivity contribution in [2.75, 3.05) is 30.5 Å². The molecule has 482 valence electrons. The van der Waals surface area contributed by atoms with E-state index in [9.17, 15) is 29.5 Å². The average Bonchev–Trinajstić information content (AvgIpc) is 1.43. The molecule has 3 aromatic carbocycles. The van der Waals surface area contributed by atoms with Gasteiger partial charge in [-0.15, -0.1) is 0 Å². The number of carbonyl (C=O) groups excluding carboxylic acids is 2. The summed E-state index contributed by atoms with van der Waals surface area (Å²) in [5, 5.41) is 33.1. The monoisotopic (exact) mass is 1290 g/mol. The number of hydrogen-bond acceptors (Lipinski definition) is 18. The summed E-state index contributed by atoms with van der Waals surface area (Å²) in [6.45, 7) is 26.0. The lowest BCUT2D eigenvalue weighted by Crippen LogP contribution is -2.59. The van der Waals surface area contributed by atoms with Crippen LogP contribution in [0.1, 0.15) is 105 Å². The van der Waals surface area contributed by atoms with E-state index in [1.165, 1.54) is 17.2 Å². The molecule has 4 aromatic heterocycles. The molecule has 2 aliphatic heterocycles. The molecule has 9 atom stereocenters. The van der Waals surface area contributed by atoms with Gasteiger partial charge in [-0.1, -0.05) is 160 Å². The van der Waals surface area contributed by atoms with Gasteiger partial charge in [0.05, 0.1) is 62.6 Å². The Bertz CT molecular complexity index is 3790. The van der Waals surface area contributed by atoms with Gasteiger partial charge in [0.1, 0.15) is 24.4 Å². The standard InChI is InChI=1S/C62H84N13O12PSi2/c1-37(2)52(77)68-58-66-50-46(54(79)70-58)64-35-74(50)56-48(86-89(11,12)60(5,6)7)44(72-62(39-25-18-15-19-26-39,40-27-20-16-21-28-40)41-29-22-17-23-30-41)43(85-56)34-83-88(81,82-32-24-31-63)73-45-42(33-76)84-57(49(45)87-90(13,14)61(8,9)10)75-36-65-47-51(75)67-59(71-55(47)80)69-53(78)38(3)4/h15-23,25-30,35-38,42-45,48-49,56-57,72,76H,24,32-34H2,1-14H3,(H,73,81)(H2,66,68,70,77,79)(H2,67,69,71,78,80)/t42-,43-,44-,45-,48-,49-,56-,57-,88?/m1/s1. The summed E-state index contributed by atoms with van der Waals surface area (Å²) in [4.78, 5) is 77.1. The number of imidazole rings is 2. The molecule has 25 nitrogen and oxygen atoms in total. The van der Waals surface area contributed by atoms with Crippen LogP contribution in [0.4, 0.5) is 11.9 Å². The lowest BCUT2D eigenvalue weighted by Gasteiger charge is -2.44. The van der Waals surface area contributed by atoms with Gasteiger partial charge in [-0.25, -0.2) is 19.6 Å². The smallest absolute Gasteiger partial charge is 0.406 e. The number of rotatable bonds is 24. The Kier molecular flexibility index (Phi) is 20.0. The first-order valence-electron chi connectivity index (χ1n) is 30.2. The number of amides is 2. The normalized spacial score (nSPS) is 21.7. The number of aromatic amines is 2. The molecule has 0 spiro atoms. The predicted molar refractivity (Wildman–Crippen MR) is 345 cm³/mol. The Morgan fingerprint density at radius 2 is 1.09 bits per heavy atom. The highest BCUT2D eigenvalue weighted by molar-refractivity contribution is 7.51. The predicted octanol–water partition coefficient (Wildman–Crippen LogP) is 8.97. The molecule has 90 heavy (non-hydrogen) atoms. The van der Waals surface area contributed by atoms with Crippen LogP contribution in [0.5, 0.6) is 0 Å². The second-order valence-electron chi connectivity index (χ2n) is 26.5. The largest absolute Gasteiger partial charge is 0.408 e. The summed E-state index contributed by atoms with van der Waals surface area (Å²) in [7, 11) is -10.6. The Morgan fingerprint density at radius 1 is 0.678 bits per heavy atom. The summed E-state index contributed by atoms with van der Waals surface area (Å²) in [5.74, 6) is -1.93. The van der Waals surface area contributed by atoms with Crippen LogP contribution in [0, 0.1) is 23.2 Å². The zero-order valence-corrected chi connectivity index (χ0v) is 56.3. The number of aliphatic hydroxyl groups is 1. The van der Waals surface area contributed by atoms with E-state index < -0.39 is 131 Å². The molecule has 7 N–H and O–H groups in total. The summed E-state index contributed by atoms with van der Waals surface area (Å²) in [6, 6.07) is 29.7. The SMILES string of the molecule is CC(C)C(=O)Nc1nc2c(ncn2[C@@H]2O[C@H](COP(=O)(N[C@H]3[C@@H](O[Si](C)(C)C(C)(C)C)[C@H](n4cnc5c(=O)[nH]c(NC(=O)C(C)C)nc54)O[C@@H]3CO)OCCC#N)[C@@H](NC(c3ccccc3)(c3ccccc3)c3ccccc3)[C@H]2O[Si](C)(C)C(C)(C)C)c(=O)[nH]1. The maximum Gasteiger partial charge on any atom is 0.406 e. The third-order valence-corrected chi connectivity index (χ3v) is 28.1. The third-order valence-electron chi connectivity index (χ3n) is 17.5. The van der Waals surface area contributed by atoms with E-state index in [1.807, 2.05) is 125 Å². The van der Waals surface area contributed by atoms with Crippen LogP contribution >= 0.6 is 7.75 Å². The lowest BCUT2D eigenvalue weighted by atomic mass is 9.76. The number of carbonyl (C=O) groups is 2. The quantitative estimate of drug-likeness (QED) is 0.0128. The summed E-state index contributed by atoms with van der Waals surface area (Å²) in [6.07, 6.45) is -4.27. The fraction of sp³-hybridized carbons (Fsp3) is 0.500. The van der Waals surface area contributed by atoms with Crippen LogP contribution in [0.3, 0.4) is 0 Å². The number of nitrogens with one attached hydrogen (secondary N) is 6. The minimum atomic E-state index is -4.79. The highest BCUT2D eigenvalue weighted by Gasteiger charge is 2.57. The van der Waals surface area contributed by atoms with Gasteiger partial charge in [0, 0.05) is 11.8 Å². The van der Waals surface area contributed by atoms with E-state index in [2.05, 4.69) is 85.9 Å². The number of fused-ring (bicyclic) bond motifs is 2. The van der Waals surface area contributed by atoms with E-state index in [0.29, 0.717) is 0 Å². The maximum atomic E-state index is 16.3. The van der Waals surface area contributed by atoms with Crippen molar-refractivity contribution in [3.63, 3.8) is 0 Å². The Balaban J connectivity index is 1.21. The molecule has 0 saturated carbocycles. The minimum Gasteiger partial charge on any atom is -0.408 e. The van der Waals surface area contributed by atoms with E-state index in [0.717, 1.165) is 16.7 Å². The molecule has 2 fully saturated rings. The Hall–Kier alpha value is -6.91. The number of hydrogen-bond donors (Lipinski definition) is 7. The molecule has 6 heterocycles. The van der Waals surface area contributed by atoms with Crippen LogP contribution in [-0.4, -0.2) is 129 Å². The molecule has 1 unspecified atom stereocenters. The van der Waals surface area contributed by atoms with Crippen molar-refractivity contribution >= 4 is 70.4 Å². The van der Waals surface area contributed by atoms with Crippen LogP contribution < -0.4 is 32.2 Å². The number of benzene rings is 3. The molecular weight excluding hydrogens is 1210 g/mol. The summed E-state index contributed by atoms with van der Waals surface area (Å²) in [5.41, 5.74) is 0.0490. The van der Waals surface area contributed by atoms with Gasteiger partial charge in [-0.2, -0.15) is 15.2 Å². The second-order valence-corrected chi connectivity index (χ2v) is 37.8. The molecule has 0 radical (unpaired) electrons. The number of ether oxygens (including phenoxy) is 2. The third kappa shape index (κ3) is 14.0. The van der Waals surface area contributed by atoms with Crippen molar-refractivity contribution in [2.45, 2.75) is 166 Å². The first-order valence-corrected chi connectivity index (χ1v) is 37.6. The molecule has 0 bridgehead atoms. The molecule has 28 heteroatoms. The highest BCUT2D eigenvalue weighted by atomic mass is 31.2. The van der Waals surface area contributed by atoms with Crippen LogP contribution in [0.2, 0.25) is 36.3 Å². The number of H-pyrrole nitrogens is 2. The number of nitrogens with zero attached hydrogens (tertiary/aromatic N) is 7. The topological polar surface area (TPSA) is 326 Å². The van der Waals surface area contributed by atoms with Crippen molar-refractivity contribution in [3.05, 3.63) is 141 Å².